The van der Waals surface area contributed by atoms with Crippen molar-refractivity contribution in [1.29, 1.82) is 0 Å². The van der Waals surface area contributed by atoms with E-state index in [1.807, 2.05) is 18.2 Å². The lowest BCUT2D eigenvalue weighted by molar-refractivity contribution is 0.580. The summed E-state index contributed by atoms with van der Waals surface area (Å²) in [5, 5.41) is 6.20. The normalized spacial score (nSPS) is 17.4. The van der Waals surface area contributed by atoms with Crippen molar-refractivity contribution in [2.45, 2.75) is 65.1 Å². The highest BCUT2D eigenvalue weighted by molar-refractivity contribution is 6.23. The summed E-state index contributed by atoms with van der Waals surface area (Å²) >= 11 is 0. The highest BCUT2D eigenvalue weighted by Gasteiger charge is 2.30. The van der Waals surface area contributed by atoms with Crippen LogP contribution in [0.3, 0.4) is 0 Å². The van der Waals surface area contributed by atoms with Crippen LogP contribution in [-0.2, 0) is 0 Å². The number of aromatic nitrogens is 1. The first-order chi connectivity index (χ1) is 32.4. The Kier molecular flexibility index (Phi) is 13.1. The van der Waals surface area contributed by atoms with E-state index in [4.69, 9.17) is 11.6 Å². The fourth-order valence-electron chi connectivity index (χ4n) is 10.3. The maximum Gasteiger partial charge on any atom is 0.201 e. The molecule has 0 spiro atoms. The van der Waals surface area contributed by atoms with Gasteiger partial charge in [-0.2, -0.15) is 0 Å². The molecule has 1 atom stereocenters. The molecule has 1 aromatic heterocycles. The van der Waals surface area contributed by atoms with E-state index in [0.29, 0.717) is 0 Å². The van der Waals surface area contributed by atoms with Crippen LogP contribution in [0.4, 0.5) is 11.4 Å². The lowest BCUT2D eigenvalue weighted by Crippen LogP contribution is -2.26. The van der Waals surface area contributed by atoms with E-state index >= 15 is 0 Å². The standard InChI is InChI=1S/C62H60N4/c1-7-11-27-47(40-45-26-24-38-65(50-31-16-13-17-32-50)59-37-23-21-33-51(59)43(5)39-45)44(6)60-54(25-8-2)57(9-3)66(58(60)10-4)62-63-56-36-22-20-35-53(56)61(64-62)55-42-49(46-28-14-12-15-29-46)41-48-30-18-19-34-52(48)55/h7-10,12-22,25,28-36,39,41-42,62-63H,1,3-5,11,23-24,26-27,37-38,40H2,2,6H3/b25-8-,45-39+,47-44-/t62-/m0/s1. The van der Waals surface area contributed by atoms with Crippen molar-refractivity contribution in [2.75, 3.05) is 16.8 Å². The quantitative estimate of drug-likeness (QED) is 0.117. The molecule has 0 saturated heterocycles. The summed E-state index contributed by atoms with van der Waals surface area (Å²) in [6.45, 7) is 23.2. The van der Waals surface area contributed by atoms with Gasteiger partial charge in [-0.15, -0.1) is 6.58 Å². The van der Waals surface area contributed by atoms with E-state index < -0.39 is 6.29 Å². The van der Waals surface area contributed by atoms with Crippen molar-refractivity contribution in [3.63, 3.8) is 0 Å². The van der Waals surface area contributed by atoms with Crippen LogP contribution in [0.25, 0.3) is 45.7 Å². The second-order valence-electron chi connectivity index (χ2n) is 17.4. The molecule has 3 heterocycles. The Balaban J connectivity index is 1.18. The van der Waals surface area contributed by atoms with Gasteiger partial charge in [0.15, 0.2) is 0 Å². The molecule has 0 saturated carbocycles. The molecule has 1 N–H and O–H groups in total. The van der Waals surface area contributed by atoms with E-state index in [9.17, 15) is 0 Å². The van der Waals surface area contributed by atoms with Crippen molar-refractivity contribution >= 4 is 51.7 Å². The van der Waals surface area contributed by atoms with Crippen molar-refractivity contribution in [3.8, 4) is 11.1 Å². The predicted molar refractivity (Wildman–Crippen MR) is 286 cm³/mol. The van der Waals surface area contributed by atoms with Gasteiger partial charge in [0.1, 0.15) is 0 Å². The maximum atomic E-state index is 5.71. The Morgan fingerprint density at radius 1 is 0.818 bits per heavy atom. The van der Waals surface area contributed by atoms with E-state index in [2.05, 4.69) is 200 Å². The number of anilines is 2. The molecule has 4 nitrogen and oxygen atoms in total. The van der Waals surface area contributed by atoms with Crippen LogP contribution in [0, 0.1) is 0 Å². The van der Waals surface area contributed by atoms with Gasteiger partial charge >= 0.3 is 0 Å². The van der Waals surface area contributed by atoms with Gasteiger partial charge in [0, 0.05) is 51.4 Å². The number of benzene rings is 5. The number of allylic oxidation sites excluding steroid dienone is 11. The van der Waals surface area contributed by atoms with Crippen LogP contribution in [0.15, 0.2) is 211 Å². The van der Waals surface area contributed by atoms with E-state index in [0.717, 1.165) is 113 Å². The topological polar surface area (TPSA) is 32.6 Å². The molecule has 3 aliphatic rings. The minimum atomic E-state index is -0.490. The zero-order chi connectivity index (χ0) is 45.6. The van der Waals surface area contributed by atoms with Gasteiger partial charge in [0.05, 0.1) is 17.1 Å². The molecule has 9 rings (SSSR count). The molecule has 0 radical (unpaired) electrons. The number of para-hydroxylation sites is 2. The Hall–Kier alpha value is -7.43. The van der Waals surface area contributed by atoms with E-state index in [1.165, 1.54) is 44.6 Å². The van der Waals surface area contributed by atoms with Gasteiger partial charge in [-0.3, -0.25) is 0 Å². The van der Waals surface area contributed by atoms with Crippen LogP contribution in [0.1, 0.15) is 98.7 Å². The molecule has 2 aliphatic heterocycles. The lowest BCUT2D eigenvalue weighted by Gasteiger charge is -2.31. The third-order valence-corrected chi connectivity index (χ3v) is 13.4. The fourth-order valence-corrected chi connectivity index (χ4v) is 10.3. The van der Waals surface area contributed by atoms with Crippen molar-refractivity contribution in [2.24, 2.45) is 4.99 Å². The van der Waals surface area contributed by atoms with Gasteiger partial charge < -0.3 is 14.8 Å². The van der Waals surface area contributed by atoms with Gasteiger partial charge in [0.25, 0.3) is 0 Å². The van der Waals surface area contributed by atoms with Gasteiger partial charge in [-0.25, -0.2) is 4.99 Å². The molecule has 0 unspecified atom stereocenters. The first-order valence-electron chi connectivity index (χ1n) is 23.5. The van der Waals surface area contributed by atoms with Crippen molar-refractivity contribution < 1.29 is 0 Å². The molecule has 1 aliphatic carbocycles. The zero-order valence-corrected chi connectivity index (χ0v) is 38.6. The highest BCUT2D eigenvalue weighted by atomic mass is 15.3. The smallest absolute Gasteiger partial charge is 0.201 e. The second kappa shape index (κ2) is 19.8. The number of nitrogens with zero attached hydrogens (tertiary/aromatic N) is 3. The Bertz CT molecular complexity index is 3030. The first kappa shape index (κ1) is 43.8. The Labute approximate surface area is 392 Å². The number of hydrogen-bond acceptors (Lipinski definition) is 3. The SMILES string of the molecule is C=CCC/C(C/C1=C/C(=C)C2=C(CCC=C2)N(c2ccccc2)CCC1)=C(\C)c1c(/C=C\C)c(C=C)n([C@@H]2N=C(c3cc(-c4ccccc4)cc4ccccc34)c3ccccc3N2)c1C=C. The number of nitrogens with one attached hydrogen (secondary N) is 1. The average molecular weight is 861 g/mol. The first-order valence-corrected chi connectivity index (χ1v) is 23.5. The molecular weight excluding hydrogens is 801 g/mol. The van der Waals surface area contributed by atoms with E-state index in [-0.39, 0.29) is 0 Å². The lowest BCUT2D eigenvalue weighted by atomic mass is 9.88. The molecular formula is C62H60N4. The fraction of sp³-hybridized carbons (Fsp3) is 0.177. The minimum Gasteiger partial charge on any atom is -0.346 e. The molecule has 0 amide bonds. The average Bonchev–Trinajstić information content (AvgIpc) is 3.71. The highest BCUT2D eigenvalue weighted by Crippen LogP contribution is 2.42. The predicted octanol–water partition coefficient (Wildman–Crippen LogP) is 16.6. The number of fused-ring (bicyclic) bond motifs is 2. The van der Waals surface area contributed by atoms with Crippen LogP contribution >= 0.6 is 0 Å². The van der Waals surface area contributed by atoms with E-state index in [1.54, 1.807) is 0 Å². The molecule has 5 aromatic carbocycles. The number of rotatable bonds is 13. The largest absolute Gasteiger partial charge is 0.346 e. The summed E-state index contributed by atoms with van der Waals surface area (Å²) in [5.74, 6) is 0. The summed E-state index contributed by atoms with van der Waals surface area (Å²) in [6, 6.07) is 43.3. The summed E-state index contributed by atoms with van der Waals surface area (Å²) in [7, 11) is 0. The summed E-state index contributed by atoms with van der Waals surface area (Å²) < 4.78 is 2.31. The number of aliphatic imine (C=N–C) groups is 1. The monoisotopic (exact) mass is 860 g/mol. The molecule has 6 aromatic rings. The third kappa shape index (κ3) is 8.59. The van der Waals surface area contributed by atoms with Crippen LogP contribution in [0.2, 0.25) is 0 Å². The molecule has 66 heavy (non-hydrogen) atoms. The molecule has 328 valence electrons. The van der Waals surface area contributed by atoms with Crippen molar-refractivity contribution in [3.05, 3.63) is 240 Å². The maximum absolute atomic E-state index is 5.71. The molecule has 0 bridgehead atoms. The third-order valence-electron chi connectivity index (χ3n) is 13.4. The van der Waals surface area contributed by atoms with Gasteiger partial charge in [0.2, 0.25) is 6.29 Å². The van der Waals surface area contributed by atoms with Gasteiger partial charge in [-0.1, -0.05) is 158 Å². The zero-order valence-electron chi connectivity index (χ0n) is 38.6. The summed E-state index contributed by atoms with van der Waals surface area (Å²) in [6.07, 6.45) is 23.6. The van der Waals surface area contributed by atoms with Gasteiger partial charge in [-0.05, 0) is 134 Å². The Morgan fingerprint density at radius 2 is 1.56 bits per heavy atom. The molecule has 0 fully saturated rings. The minimum absolute atomic E-state index is 0.490. The summed E-state index contributed by atoms with van der Waals surface area (Å²) in [5.41, 5.74) is 19.7. The Morgan fingerprint density at radius 3 is 2.33 bits per heavy atom. The van der Waals surface area contributed by atoms with Crippen LogP contribution in [0.5, 0.6) is 0 Å². The van der Waals surface area contributed by atoms with Crippen LogP contribution < -0.4 is 10.2 Å². The molecule has 4 heteroatoms. The second-order valence-corrected chi connectivity index (χ2v) is 17.4. The van der Waals surface area contributed by atoms with Crippen LogP contribution in [-0.4, -0.2) is 16.8 Å². The summed E-state index contributed by atoms with van der Waals surface area (Å²) in [4.78, 5) is 8.25. The number of hydrogen-bond donors (Lipinski definition) is 1. The van der Waals surface area contributed by atoms with Crippen molar-refractivity contribution in [1.82, 2.24) is 4.57 Å².